The SMILES string of the molecule is C/C(=C\c1c(Cl)cccc1Cl)c1cc(C(F)(F)F)[nH]c(=O)n1. The first-order valence-corrected chi connectivity index (χ1v) is 6.75. The van der Waals surface area contributed by atoms with Crippen molar-refractivity contribution in [3.63, 3.8) is 0 Å². The minimum atomic E-state index is -4.67. The van der Waals surface area contributed by atoms with Crippen molar-refractivity contribution in [1.82, 2.24) is 9.97 Å². The third-order valence-corrected chi connectivity index (χ3v) is 3.47. The number of allylic oxidation sites excluding steroid dienone is 1. The smallest absolute Gasteiger partial charge is 0.302 e. The van der Waals surface area contributed by atoms with Crippen molar-refractivity contribution in [2.24, 2.45) is 0 Å². The quantitative estimate of drug-likeness (QED) is 0.857. The molecule has 0 fully saturated rings. The maximum absolute atomic E-state index is 12.7. The molecule has 0 amide bonds. The average Bonchev–Trinajstić information content (AvgIpc) is 2.41. The van der Waals surface area contributed by atoms with E-state index < -0.39 is 17.6 Å². The zero-order valence-corrected chi connectivity index (χ0v) is 12.6. The monoisotopic (exact) mass is 348 g/mol. The topological polar surface area (TPSA) is 45.8 Å². The van der Waals surface area contributed by atoms with Gasteiger partial charge in [0, 0.05) is 15.6 Å². The van der Waals surface area contributed by atoms with Crippen molar-refractivity contribution < 1.29 is 13.2 Å². The molecular weight excluding hydrogens is 340 g/mol. The maximum Gasteiger partial charge on any atom is 0.431 e. The number of H-pyrrole nitrogens is 1. The summed E-state index contributed by atoms with van der Waals surface area (Å²) in [4.78, 5) is 16.5. The number of hydrogen-bond acceptors (Lipinski definition) is 2. The third kappa shape index (κ3) is 3.69. The lowest BCUT2D eigenvalue weighted by atomic mass is 10.1. The first kappa shape index (κ1) is 16.6. The summed E-state index contributed by atoms with van der Waals surface area (Å²) >= 11 is 12.0. The summed E-state index contributed by atoms with van der Waals surface area (Å²) in [6, 6.07) is 5.60. The first-order valence-electron chi connectivity index (χ1n) is 5.99. The minimum Gasteiger partial charge on any atom is -0.302 e. The predicted octanol–water partition coefficient (Wildman–Crippen LogP) is 4.66. The Morgan fingerprint density at radius 3 is 2.41 bits per heavy atom. The van der Waals surface area contributed by atoms with Gasteiger partial charge in [-0.25, -0.2) is 4.79 Å². The van der Waals surface area contributed by atoms with Crippen LogP contribution in [0.1, 0.15) is 23.9 Å². The molecule has 0 bridgehead atoms. The molecule has 0 atom stereocenters. The van der Waals surface area contributed by atoms with Crippen molar-refractivity contribution in [2.45, 2.75) is 13.1 Å². The maximum atomic E-state index is 12.7. The van der Waals surface area contributed by atoms with Gasteiger partial charge in [0.2, 0.25) is 0 Å². The fraction of sp³-hybridized carbons (Fsp3) is 0.143. The second-order valence-corrected chi connectivity index (χ2v) is 5.26. The number of rotatable bonds is 2. The van der Waals surface area contributed by atoms with Gasteiger partial charge < -0.3 is 4.98 Å². The van der Waals surface area contributed by atoms with Crippen LogP contribution in [0.25, 0.3) is 11.6 Å². The zero-order chi connectivity index (χ0) is 16.5. The highest BCUT2D eigenvalue weighted by molar-refractivity contribution is 6.37. The summed E-state index contributed by atoms with van der Waals surface area (Å²) in [7, 11) is 0. The van der Waals surface area contributed by atoms with Crippen LogP contribution in [0.3, 0.4) is 0 Å². The Kier molecular flexibility index (Phi) is 4.63. The molecule has 1 N–H and O–H groups in total. The van der Waals surface area contributed by atoms with E-state index in [9.17, 15) is 18.0 Å². The van der Waals surface area contributed by atoms with Crippen LogP contribution >= 0.6 is 23.2 Å². The minimum absolute atomic E-state index is 0.105. The Hall–Kier alpha value is -1.79. The Bertz CT molecular complexity index is 777. The molecule has 1 aromatic carbocycles. The second kappa shape index (κ2) is 6.14. The Labute approximate surface area is 133 Å². The molecule has 1 aromatic heterocycles. The van der Waals surface area contributed by atoms with Gasteiger partial charge in [-0.1, -0.05) is 29.3 Å². The number of alkyl halides is 3. The molecule has 3 nitrogen and oxygen atoms in total. The normalized spacial score (nSPS) is 12.5. The molecular formula is C14H9Cl2F3N2O. The molecule has 0 radical (unpaired) electrons. The second-order valence-electron chi connectivity index (χ2n) is 4.45. The highest BCUT2D eigenvalue weighted by atomic mass is 35.5. The van der Waals surface area contributed by atoms with Crippen LogP contribution in [-0.2, 0) is 6.18 Å². The number of aromatic amines is 1. The van der Waals surface area contributed by atoms with E-state index in [1.807, 2.05) is 0 Å². The Balaban J connectivity index is 2.54. The standard InChI is InChI=1S/C14H9Cl2F3N2O/c1-7(5-8-9(15)3-2-4-10(8)16)11-6-12(14(17,18)19)21-13(22)20-11/h2-6H,1H3,(H,20,21,22)/b7-5+. The summed E-state index contributed by atoms with van der Waals surface area (Å²) < 4.78 is 38.1. The molecule has 22 heavy (non-hydrogen) atoms. The third-order valence-electron chi connectivity index (χ3n) is 2.81. The van der Waals surface area contributed by atoms with E-state index in [1.165, 1.54) is 13.0 Å². The number of nitrogens with one attached hydrogen (secondary N) is 1. The van der Waals surface area contributed by atoms with Crippen LogP contribution in [0.4, 0.5) is 13.2 Å². The van der Waals surface area contributed by atoms with Crippen molar-refractivity contribution in [3.8, 4) is 0 Å². The van der Waals surface area contributed by atoms with Gasteiger partial charge >= 0.3 is 11.9 Å². The van der Waals surface area contributed by atoms with Crippen LogP contribution in [-0.4, -0.2) is 9.97 Å². The number of halogens is 5. The number of hydrogen-bond donors (Lipinski definition) is 1. The predicted molar refractivity (Wildman–Crippen MR) is 79.9 cm³/mol. The van der Waals surface area contributed by atoms with Gasteiger partial charge in [0.1, 0.15) is 5.69 Å². The molecule has 116 valence electrons. The average molecular weight is 349 g/mol. The molecule has 1 heterocycles. The molecule has 0 aliphatic carbocycles. The van der Waals surface area contributed by atoms with Crippen LogP contribution in [0, 0.1) is 0 Å². The number of benzene rings is 1. The number of aromatic nitrogens is 2. The van der Waals surface area contributed by atoms with Gasteiger partial charge in [-0.2, -0.15) is 18.2 Å². The van der Waals surface area contributed by atoms with E-state index in [4.69, 9.17) is 23.2 Å². The summed E-state index contributed by atoms with van der Waals surface area (Å²) in [5, 5.41) is 0.681. The van der Waals surface area contributed by atoms with Gasteiger partial charge in [-0.05, 0) is 36.8 Å². The van der Waals surface area contributed by atoms with Crippen LogP contribution < -0.4 is 5.69 Å². The van der Waals surface area contributed by atoms with E-state index in [-0.39, 0.29) is 5.69 Å². The van der Waals surface area contributed by atoms with E-state index in [2.05, 4.69) is 4.98 Å². The molecule has 8 heteroatoms. The number of nitrogens with zero attached hydrogens (tertiary/aromatic N) is 1. The molecule has 0 aliphatic rings. The van der Waals surface area contributed by atoms with Gasteiger partial charge in [0.15, 0.2) is 0 Å². The lowest BCUT2D eigenvalue weighted by molar-refractivity contribution is -0.141. The fourth-order valence-corrected chi connectivity index (χ4v) is 2.26. The van der Waals surface area contributed by atoms with E-state index in [0.29, 0.717) is 21.2 Å². The lowest BCUT2D eigenvalue weighted by Gasteiger charge is -2.08. The summed E-state index contributed by atoms with van der Waals surface area (Å²) in [5.41, 5.74) is -1.58. The van der Waals surface area contributed by atoms with E-state index in [1.54, 1.807) is 23.2 Å². The van der Waals surface area contributed by atoms with Crippen LogP contribution in [0.2, 0.25) is 10.0 Å². The van der Waals surface area contributed by atoms with Crippen LogP contribution in [0.5, 0.6) is 0 Å². The van der Waals surface area contributed by atoms with Crippen molar-refractivity contribution >= 4 is 34.9 Å². The van der Waals surface area contributed by atoms with Crippen molar-refractivity contribution in [3.05, 3.63) is 61.7 Å². The Morgan fingerprint density at radius 2 is 1.86 bits per heavy atom. The lowest BCUT2D eigenvalue weighted by Crippen LogP contribution is -2.20. The summed E-state index contributed by atoms with van der Waals surface area (Å²) in [6.07, 6.45) is -3.19. The molecule has 0 unspecified atom stereocenters. The molecule has 2 aromatic rings. The molecule has 0 saturated carbocycles. The molecule has 0 aliphatic heterocycles. The van der Waals surface area contributed by atoms with Crippen LogP contribution in [0.15, 0.2) is 29.1 Å². The first-order chi connectivity index (χ1) is 10.2. The van der Waals surface area contributed by atoms with Crippen molar-refractivity contribution in [1.29, 1.82) is 0 Å². The fourth-order valence-electron chi connectivity index (χ4n) is 1.75. The molecule has 2 rings (SSSR count). The molecule has 0 spiro atoms. The largest absolute Gasteiger partial charge is 0.431 e. The van der Waals surface area contributed by atoms with Gasteiger partial charge in [-0.3, -0.25) is 0 Å². The van der Waals surface area contributed by atoms with Gasteiger partial charge in [0.05, 0.1) is 5.69 Å². The summed E-state index contributed by atoms with van der Waals surface area (Å²) in [5.74, 6) is 0. The molecule has 0 saturated heterocycles. The highest BCUT2D eigenvalue weighted by Gasteiger charge is 2.32. The van der Waals surface area contributed by atoms with E-state index in [0.717, 1.165) is 6.07 Å². The van der Waals surface area contributed by atoms with Gasteiger partial charge in [-0.15, -0.1) is 0 Å². The Morgan fingerprint density at radius 1 is 1.27 bits per heavy atom. The highest BCUT2D eigenvalue weighted by Crippen LogP contribution is 2.30. The van der Waals surface area contributed by atoms with Crippen molar-refractivity contribution in [2.75, 3.05) is 0 Å². The summed E-state index contributed by atoms with van der Waals surface area (Å²) in [6.45, 7) is 1.52. The van der Waals surface area contributed by atoms with Gasteiger partial charge in [0.25, 0.3) is 0 Å². The van der Waals surface area contributed by atoms with E-state index >= 15 is 0 Å². The zero-order valence-electron chi connectivity index (χ0n) is 11.1.